The van der Waals surface area contributed by atoms with Crippen molar-refractivity contribution < 1.29 is 80.7 Å². The first-order valence-corrected chi connectivity index (χ1v) is 52.6. The summed E-state index contributed by atoms with van der Waals surface area (Å²) in [6.07, 6.45) is 19.6. The second kappa shape index (κ2) is 67.8. The molecule has 8 aromatic carbocycles. The van der Waals surface area contributed by atoms with Gasteiger partial charge in [0.15, 0.2) is 25.8 Å². The van der Waals surface area contributed by atoms with E-state index in [1.807, 2.05) is 148 Å². The molecule has 10 atom stereocenters. The highest BCUT2D eigenvalue weighted by Crippen LogP contribution is 2.33. The Hall–Kier alpha value is -9.55. The SMILES string of the molecule is CCC.CCC(C)c1ccc(OC(=O)OC(C)(C)C)cc1.CCC(C)c1ccc(OC(C)(C)C)cc1.CCC(C)c1ccc(OC(C)OC2CCCCC2)cc1.CCC(C)c1ccc(OC)cc1.CCC(C)c1ccc(OC2CCCCO2)cc1.CCC(C)c1ccc(OCC(=O)OC(C)(C)C)cc1.CCC(C)c1cccc(OCC(=O)OC(C)(C)C)c1.CCOC(C)(C)Oc1ccc(C(C)CC)cc1. The van der Waals surface area contributed by atoms with Gasteiger partial charge in [-0.25, -0.2) is 14.4 Å². The molecule has 0 spiro atoms. The second-order valence-corrected chi connectivity index (χ2v) is 41.4. The zero-order valence-corrected chi connectivity index (χ0v) is 93.6. The van der Waals surface area contributed by atoms with E-state index < -0.39 is 28.7 Å². The van der Waals surface area contributed by atoms with Gasteiger partial charge in [-0.1, -0.05) is 247 Å². The molecule has 0 radical (unpaired) electrons. The van der Waals surface area contributed by atoms with Crippen molar-refractivity contribution in [1.29, 1.82) is 0 Å². The molecular formula is C123H190O17. The average molecular weight is 1940 g/mol. The van der Waals surface area contributed by atoms with Crippen LogP contribution >= 0.6 is 0 Å². The van der Waals surface area contributed by atoms with Crippen LogP contribution in [-0.4, -0.2) is 98.5 Å². The lowest BCUT2D eigenvalue weighted by Crippen LogP contribution is -2.31. The van der Waals surface area contributed by atoms with Gasteiger partial charge in [0.25, 0.3) is 0 Å². The Bertz CT molecular complexity index is 4500. The molecule has 17 nitrogen and oxygen atoms in total. The van der Waals surface area contributed by atoms with Crippen molar-refractivity contribution in [2.24, 2.45) is 0 Å². The maximum absolute atomic E-state index is 11.6. The van der Waals surface area contributed by atoms with Gasteiger partial charge in [-0.3, -0.25) is 0 Å². The lowest BCUT2D eigenvalue weighted by Gasteiger charge is -2.26. The normalized spacial score (nSPS) is 14.9. The smallest absolute Gasteiger partial charge is 0.497 e. The fourth-order valence-electron chi connectivity index (χ4n) is 14.0. The molecule has 10 rings (SSSR count). The molecule has 140 heavy (non-hydrogen) atoms. The van der Waals surface area contributed by atoms with Crippen LogP contribution in [0.2, 0.25) is 0 Å². The largest absolute Gasteiger partial charge is 0.514 e. The number of ether oxygens (including phenoxy) is 14. The third kappa shape index (κ3) is 56.9. The third-order valence-corrected chi connectivity index (χ3v) is 23.8. The van der Waals surface area contributed by atoms with Crippen molar-refractivity contribution >= 4 is 18.1 Å². The fraction of sp³-hybridized carbons (Fsp3) is 0.585. The predicted molar refractivity (Wildman–Crippen MR) is 582 cm³/mol. The van der Waals surface area contributed by atoms with Gasteiger partial charge in [0, 0.05) is 26.9 Å². The van der Waals surface area contributed by atoms with E-state index in [9.17, 15) is 14.4 Å². The summed E-state index contributed by atoms with van der Waals surface area (Å²) in [5.74, 6) is 9.88. The van der Waals surface area contributed by atoms with Crippen LogP contribution in [0.15, 0.2) is 194 Å². The van der Waals surface area contributed by atoms with Gasteiger partial charge >= 0.3 is 18.1 Å². The Morgan fingerprint density at radius 2 is 0.657 bits per heavy atom. The first-order valence-electron chi connectivity index (χ1n) is 52.6. The highest BCUT2D eigenvalue weighted by Gasteiger charge is 2.25. The number of hydrogen-bond acceptors (Lipinski definition) is 17. The van der Waals surface area contributed by atoms with Crippen LogP contribution in [0.25, 0.3) is 0 Å². The van der Waals surface area contributed by atoms with E-state index in [0.29, 0.717) is 77.3 Å². The number of methoxy groups -OCH3 is 1. The molecular weight excluding hydrogens is 1750 g/mol. The van der Waals surface area contributed by atoms with Crippen molar-refractivity contribution in [3.05, 3.63) is 239 Å². The van der Waals surface area contributed by atoms with E-state index in [2.05, 4.69) is 249 Å². The molecule has 1 aliphatic heterocycles. The van der Waals surface area contributed by atoms with Gasteiger partial charge < -0.3 is 66.3 Å². The van der Waals surface area contributed by atoms with Crippen LogP contribution in [0.4, 0.5) is 4.79 Å². The molecule has 0 bridgehead atoms. The molecule has 1 heterocycles. The Balaban J connectivity index is 0.000000540. The minimum atomic E-state index is -0.668. The quantitative estimate of drug-likeness (QED) is 0.0158. The molecule has 0 N–H and O–H groups in total. The lowest BCUT2D eigenvalue weighted by atomic mass is 9.98. The Morgan fingerprint density at radius 1 is 0.336 bits per heavy atom. The fourth-order valence-corrected chi connectivity index (χ4v) is 14.0. The third-order valence-electron chi connectivity index (χ3n) is 23.8. The predicted octanol–water partition coefficient (Wildman–Crippen LogP) is 35.1. The highest BCUT2D eigenvalue weighted by molar-refractivity contribution is 5.72. The number of rotatable bonds is 35. The summed E-state index contributed by atoms with van der Waals surface area (Å²) in [6, 6.07) is 65.2. The van der Waals surface area contributed by atoms with E-state index in [-0.39, 0.29) is 43.3 Å². The van der Waals surface area contributed by atoms with Gasteiger partial charge in [0.2, 0.25) is 5.79 Å². The molecule has 1 saturated carbocycles. The number of carbonyl (C=O) groups is 3. The van der Waals surface area contributed by atoms with E-state index in [1.165, 1.54) is 115 Å². The molecule has 0 amide bonds. The van der Waals surface area contributed by atoms with Gasteiger partial charge in [0.05, 0.1) is 19.8 Å². The van der Waals surface area contributed by atoms with Crippen LogP contribution in [0.5, 0.6) is 46.0 Å². The standard InChI is InChI=1S/C18H28O2.2C16H24O3.C15H22O3.C15H22O2.C15H24O2.C14H22O.C11H16O.C3H8/c1-4-14(2)16-10-12-18(13-11-16)20-15(3)19-17-8-6-5-7-9-17;1-6-12(2)13-7-9-14(10-8-13)18-11-15(17)19-16(3,4)5;1-6-12(2)13-8-7-9-14(10-13)18-11-15(17)19-16(3,4)5;1-6-11(2)12-7-9-13(10-8-12)17-14(16)18-15(3,4)5;1-3-12(2)13-7-9-14(10-8-13)17-15-6-4-5-11-16-15;1-6-12(3)13-8-10-14(11-9-13)17-15(4,5)16-7-2;1-6-11(2)12-7-9-13(10-8-12)15-14(3,4)5;1-4-9(2)10-5-7-11(12-3)8-6-10;1-3-2/h10-15,17H,4-9H2,1-3H3;2*7-10,12H,6,11H2,1-5H3;7-11H,6H2,1-5H3;7-10,12,15H,3-6,11H2,1-2H3;8-12H,6-7H2,1-5H3;7-11H,6H2,1-5H3;5-9H,4H2,1-3H3;3H2,1-2H3. The number of hydrogen-bond donors (Lipinski definition) is 0. The molecule has 2 fully saturated rings. The maximum Gasteiger partial charge on any atom is 0.514 e. The Morgan fingerprint density at radius 3 is 0.993 bits per heavy atom. The highest BCUT2D eigenvalue weighted by atomic mass is 16.7. The molecule has 1 aliphatic carbocycles. The minimum absolute atomic E-state index is 0.0433. The second-order valence-electron chi connectivity index (χ2n) is 41.4. The van der Waals surface area contributed by atoms with Gasteiger partial charge in [-0.2, -0.15) is 0 Å². The van der Waals surface area contributed by atoms with E-state index in [4.69, 9.17) is 66.3 Å². The first kappa shape index (κ1) is 127. The summed E-state index contributed by atoms with van der Waals surface area (Å²) >= 11 is 0. The molecule has 1 saturated heterocycles. The van der Waals surface area contributed by atoms with Crippen LogP contribution in [0, 0.1) is 0 Å². The van der Waals surface area contributed by atoms with Crippen LogP contribution in [0.3, 0.4) is 0 Å². The van der Waals surface area contributed by atoms with Gasteiger partial charge in [-0.15, -0.1) is 0 Å². The van der Waals surface area contributed by atoms with Gasteiger partial charge in [-0.05, 0) is 363 Å². The van der Waals surface area contributed by atoms with Crippen molar-refractivity contribution in [3.63, 3.8) is 0 Å². The summed E-state index contributed by atoms with van der Waals surface area (Å²) in [5.41, 5.74) is 9.05. The summed E-state index contributed by atoms with van der Waals surface area (Å²) in [7, 11) is 1.69. The summed E-state index contributed by atoms with van der Waals surface area (Å²) < 4.78 is 76.8. The van der Waals surface area contributed by atoms with Crippen LogP contribution < -0.4 is 37.9 Å². The topological polar surface area (TPSA) is 180 Å². The monoisotopic (exact) mass is 1940 g/mol. The van der Waals surface area contributed by atoms with Crippen molar-refractivity contribution in [1.82, 2.24) is 0 Å². The maximum atomic E-state index is 11.6. The zero-order chi connectivity index (χ0) is 105. The number of esters is 2. The molecule has 8 aromatic rings. The average Bonchev–Trinajstić information content (AvgIpc) is 0.864. The van der Waals surface area contributed by atoms with E-state index in [0.717, 1.165) is 73.9 Å². The Labute approximate surface area is 850 Å². The number of carbonyl (C=O) groups excluding carboxylic acids is 3. The molecule has 2 aliphatic rings. The van der Waals surface area contributed by atoms with E-state index >= 15 is 0 Å². The first-order chi connectivity index (χ1) is 66.0. The molecule has 0 aromatic heterocycles. The van der Waals surface area contributed by atoms with Gasteiger partial charge in [0.1, 0.15) is 68.4 Å². The molecule has 784 valence electrons. The van der Waals surface area contributed by atoms with E-state index in [1.54, 1.807) is 40.0 Å². The van der Waals surface area contributed by atoms with Crippen molar-refractivity contribution in [2.75, 3.05) is 33.5 Å². The lowest BCUT2D eigenvalue weighted by molar-refractivity contribution is -0.158. The van der Waals surface area contributed by atoms with Crippen LogP contribution in [-0.2, 0) is 38.0 Å². The molecule has 10 unspecified atom stereocenters. The number of benzene rings is 8. The zero-order valence-electron chi connectivity index (χ0n) is 93.6. The summed E-state index contributed by atoms with van der Waals surface area (Å²) in [4.78, 5) is 34.5. The summed E-state index contributed by atoms with van der Waals surface area (Å²) in [6.45, 7) is 71.4. The Kier molecular flexibility index (Phi) is 61.3. The van der Waals surface area contributed by atoms with Crippen LogP contribution in [0.1, 0.15) is 436 Å². The van der Waals surface area contributed by atoms with Crippen molar-refractivity contribution in [3.8, 4) is 46.0 Å². The summed E-state index contributed by atoms with van der Waals surface area (Å²) in [5, 5.41) is 0. The molecule has 17 heteroatoms. The van der Waals surface area contributed by atoms with Crippen molar-refractivity contribution in [2.45, 2.75) is 439 Å². The minimum Gasteiger partial charge on any atom is -0.497 e.